The van der Waals surface area contributed by atoms with Gasteiger partial charge in [0.25, 0.3) is 0 Å². The van der Waals surface area contributed by atoms with Gasteiger partial charge in [0.05, 0.1) is 6.10 Å². The number of aliphatic hydroxyl groups excluding tert-OH is 1. The van der Waals surface area contributed by atoms with E-state index in [1.54, 1.807) is 0 Å². The third-order valence-electron chi connectivity index (χ3n) is 0.547. The highest BCUT2D eigenvalue weighted by molar-refractivity contribution is 4.68. The van der Waals surface area contributed by atoms with Gasteiger partial charge in [0.15, 0.2) is 0 Å². The van der Waals surface area contributed by atoms with E-state index in [-0.39, 0.29) is 12.3 Å². The second-order valence-electron chi connectivity index (χ2n) is 1.23. The Balaban J connectivity index is 0.000000160. The minimum Gasteiger partial charge on any atom is -0.393 e. The molecule has 0 radical (unpaired) electrons. The fraction of sp³-hybridized carbons (Fsp3) is 1.00. The molecule has 0 amide bonds. The average Bonchev–Trinajstić information content (AvgIpc) is 1.75. The normalized spacial score (nSPS) is 21.0. The number of hydrogen-bond acceptors (Lipinski definition) is 2. The van der Waals surface area contributed by atoms with Crippen molar-refractivity contribution in [1.82, 2.24) is 6.15 Å². The van der Waals surface area contributed by atoms with Crippen LogP contribution in [-0.4, -0.2) is 11.2 Å². The molecule has 1 aliphatic carbocycles. The highest BCUT2D eigenvalue weighted by Crippen LogP contribution is 2.16. The van der Waals surface area contributed by atoms with Gasteiger partial charge >= 0.3 is 0 Å². The van der Waals surface area contributed by atoms with Crippen LogP contribution < -0.4 is 6.15 Å². The minimum absolute atomic E-state index is 0. The van der Waals surface area contributed by atoms with E-state index in [1.165, 1.54) is 0 Å². The minimum atomic E-state index is 0. The van der Waals surface area contributed by atoms with Gasteiger partial charge in [0.2, 0.25) is 0 Å². The number of hydrogen-bond donors (Lipinski definition) is 2. The molecule has 4 N–H and O–H groups in total. The summed E-state index contributed by atoms with van der Waals surface area (Å²) < 4.78 is 0. The van der Waals surface area contributed by atoms with Gasteiger partial charge in [-0.05, 0) is 12.8 Å². The molecule has 5 heavy (non-hydrogen) atoms. The molecule has 32 valence electrons. The van der Waals surface area contributed by atoms with Crippen molar-refractivity contribution in [2.45, 2.75) is 18.9 Å². The van der Waals surface area contributed by atoms with Gasteiger partial charge in [0, 0.05) is 0 Å². The first kappa shape index (κ1) is 4.92. The summed E-state index contributed by atoms with van der Waals surface area (Å²) >= 11 is 0. The summed E-state index contributed by atoms with van der Waals surface area (Å²) in [5.41, 5.74) is 0. The lowest BCUT2D eigenvalue weighted by atomic mass is 10.9. The van der Waals surface area contributed by atoms with E-state index in [1.807, 2.05) is 0 Å². The molecule has 0 unspecified atom stereocenters. The summed E-state index contributed by atoms with van der Waals surface area (Å²) in [6, 6.07) is 0. The van der Waals surface area contributed by atoms with Gasteiger partial charge in [-0.15, -0.1) is 0 Å². The molecule has 1 aliphatic rings. The Morgan fingerprint density at radius 1 is 1.40 bits per heavy atom. The van der Waals surface area contributed by atoms with Crippen LogP contribution in [-0.2, 0) is 0 Å². The molecule has 0 aromatic rings. The molecule has 0 heterocycles. The molecule has 1 saturated carbocycles. The van der Waals surface area contributed by atoms with Crippen LogP contribution in [0.25, 0.3) is 0 Å². The highest BCUT2D eigenvalue weighted by Gasteiger charge is 2.15. The smallest absolute Gasteiger partial charge is 0.0542 e. The van der Waals surface area contributed by atoms with Crippen LogP contribution in [0.15, 0.2) is 0 Å². The summed E-state index contributed by atoms with van der Waals surface area (Å²) in [5.74, 6) is 0. The van der Waals surface area contributed by atoms with Crippen LogP contribution >= 0.6 is 0 Å². The van der Waals surface area contributed by atoms with Crippen LogP contribution in [0.5, 0.6) is 0 Å². The highest BCUT2D eigenvalue weighted by atomic mass is 16.3. The summed E-state index contributed by atoms with van der Waals surface area (Å²) in [4.78, 5) is 0. The van der Waals surface area contributed by atoms with Crippen molar-refractivity contribution in [3.05, 3.63) is 0 Å². The van der Waals surface area contributed by atoms with Crippen molar-refractivity contribution in [2.75, 3.05) is 0 Å². The van der Waals surface area contributed by atoms with Crippen molar-refractivity contribution in [1.29, 1.82) is 0 Å². The Labute approximate surface area is 31.4 Å². The van der Waals surface area contributed by atoms with Gasteiger partial charge in [-0.3, -0.25) is 0 Å². The van der Waals surface area contributed by atoms with Crippen LogP contribution in [0.3, 0.4) is 0 Å². The molecule has 2 nitrogen and oxygen atoms in total. The SMILES string of the molecule is N.OC1CC1. The number of aliphatic hydroxyl groups is 1. The van der Waals surface area contributed by atoms with Crippen molar-refractivity contribution in [2.24, 2.45) is 0 Å². The Bertz CT molecular complexity index is 26.1. The zero-order valence-corrected chi connectivity index (χ0v) is 3.15. The van der Waals surface area contributed by atoms with E-state index in [4.69, 9.17) is 5.11 Å². The second-order valence-corrected chi connectivity index (χ2v) is 1.23. The van der Waals surface area contributed by atoms with Crippen LogP contribution in [0, 0.1) is 0 Å². The van der Waals surface area contributed by atoms with Crippen LogP contribution in [0.1, 0.15) is 12.8 Å². The Morgan fingerprint density at radius 3 is 1.60 bits per heavy atom. The van der Waals surface area contributed by atoms with Crippen LogP contribution in [0.4, 0.5) is 0 Å². The zero-order chi connectivity index (χ0) is 2.99. The molecule has 0 aromatic heterocycles. The molecule has 2 heteroatoms. The Morgan fingerprint density at radius 2 is 1.60 bits per heavy atom. The monoisotopic (exact) mass is 75.1 g/mol. The Hall–Kier alpha value is -0.0800. The van der Waals surface area contributed by atoms with Gasteiger partial charge in [-0.2, -0.15) is 0 Å². The van der Waals surface area contributed by atoms with Crippen molar-refractivity contribution >= 4 is 0 Å². The molecule has 1 rings (SSSR count). The van der Waals surface area contributed by atoms with E-state index in [9.17, 15) is 0 Å². The van der Waals surface area contributed by atoms with Gasteiger partial charge in [0.1, 0.15) is 0 Å². The fourth-order valence-corrected chi connectivity index (χ4v) is 0.0745. The molecular weight excluding hydrogens is 66.0 g/mol. The summed E-state index contributed by atoms with van der Waals surface area (Å²) in [6.07, 6.45) is 2.17. The van der Waals surface area contributed by atoms with Crippen LogP contribution in [0.2, 0.25) is 0 Å². The fourth-order valence-electron chi connectivity index (χ4n) is 0.0745. The molecule has 1 fully saturated rings. The maximum absolute atomic E-state index is 8.17. The Kier molecular flexibility index (Phi) is 1.36. The lowest BCUT2D eigenvalue weighted by molar-refractivity contribution is 0.279. The maximum Gasteiger partial charge on any atom is 0.0542 e. The van der Waals surface area contributed by atoms with Crippen molar-refractivity contribution in [3.63, 3.8) is 0 Å². The first-order valence-electron chi connectivity index (χ1n) is 1.57. The lowest BCUT2D eigenvalue weighted by Crippen LogP contribution is -1.65. The molecule has 0 atom stereocenters. The molecular formula is C3H9NO. The maximum atomic E-state index is 8.17. The van der Waals surface area contributed by atoms with E-state index >= 15 is 0 Å². The van der Waals surface area contributed by atoms with E-state index in [2.05, 4.69) is 0 Å². The molecule has 0 saturated heterocycles. The molecule has 0 spiro atoms. The van der Waals surface area contributed by atoms with E-state index in [0.29, 0.717) is 0 Å². The standard InChI is InChI=1S/C3H6O.H3N/c4-3-1-2-3;/h3-4H,1-2H2;1H3. The van der Waals surface area contributed by atoms with Gasteiger partial charge in [-0.1, -0.05) is 0 Å². The largest absolute Gasteiger partial charge is 0.393 e. The van der Waals surface area contributed by atoms with E-state index < -0.39 is 0 Å². The quantitative estimate of drug-likeness (QED) is 0.435. The van der Waals surface area contributed by atoms with Crippen molar-refractivity contribution < 1.29 is 5.11 Å². The van der Waals surface area contributed by atoms with Crippen molar-refractivity contribution in [3.8, 4) is 0 Å². The predicted molar refractivity (Wildman–Crippen MR) is 20.3 cm³/mol. The van der Waals surface area contributed by atoms with Gasteiger partial charge in [-0.25, -0.2) is 0 Å². The third kappa shape index (κ3) is 1.69. The first-order valence-corrected chi connectivity index (χ1v) is 1.57. The topological polar surface area (TPSA) is 55.2 Å². The second kappa shape index (κ2) is 1.38. The molecule has 0 aliphatic heterocycles. The van der Waals surface area contributed by atoms with Gasteiger partial charge < -0.3 is 11.3 Å². The molecule has 0 aromatic carbocycles. The number of rotatable bonds is 0. The summed E-state index contributed by atoms with van der Waals surface area (Å²) in [5, 5.41) is 8.17. The summed E-state index contributed by atoms with van der Waals surface area (Å²) in [7, 11) is 0. The first-order chi connectivity index (χ1) is 1.89. The zero-order valence-electron chi connectivity index (χ0n) is 3.15. The third-order valence-corrected chi connectivity index (χ3v) is 0.547. The lowest BCUT2D eigenvalue weighted by Gasteiger charge is -1.57. The van der Waals surface area contributed by atoms with E-state index in [0.717, 1.165) is 12.8 Å². The average molecular weight is 75.1 g/mol. The molecule has 0 bridgehead atoms. The summed E-state index contributed by atoms with van der Waals surface area (Å²) in [6.45, 7) is 0. The predicted octanol–water partition coefficient (Wildman–Crippen LogP) is 0.303.